The Labute approximate surface area is 159 Å². The first kappa shape index (κ1) is 19.6. The lowest BCUT2D eigenvalue weighted by Crippen LogP contribution is -2.47. The van der Waals surface area contributed by atoms with Gasteiger partial charge in [0.15, 0.2) is 0 Å². The number of ether oxygens (including phenoxy) is 2. The molecule has 0 atom stereocenters. The van der Waals surface area contributed by atoms with E-state index in [1.54, 1.807) is 0 Å². The van der Waals surface area contributed by atoms with Crippen molar-refractivity contribution in [3.63, 3.8) is 0 Å². The molecule has 2 aromatic rings. The van der Waals surface area contributed by atoms with Crippen LogP contribution in [0, 0.1) is 13.8 Å². The highest BCUT2D eigenvalue weighted by Gasteiger charge is 2.42. The molecule has 0 saturated carbocycles. The number of hydrogen-bond donors (Lipinski definition) is 1. The Morgan fingerprint density at radius 2 is 1.81 bits per heavy atom. The number of oxazole rings is 1. The average Bonchev–Trinajstić information content (AvgIpc) is 3.03. The van der Waals surface area contributed by atoms with Crippen LogP contribution in [-0.4, -0.2) is 35.1 Å². The van der Waals surface area contributed by atoms with Crippen LogP contribution in [-0.2, 0) is 20.7 Å². The third kappa shape index (κ3) is 4.76. The van der Waals surface area contributed by atoms with Gasteiger partial charge in [-0.2, -0.15) is 0 Å². The van der Waals surface area contributed by atoms with Gasteiger partial charge in [0.2, 0.25) is 5.89 Å². The quantitative estimate of drug-likeness (QED) is 0.696. The van der Waals surface area contributed by atoms with Gasteiger partial charge in [0, 0.05) is 18.4 Å². The Balaban J connectivity index is 1.49. The van der Waals surface area contributed by atoms with Crippen LogP contribution in [0.3, 0.4) is 0 Å². The van der Waals surface area contributed by atoms with Gasteiger partial charge in [-0.05, 0) is 45.2 Å². The van der Waals surface area contributed by atoms with Gasteiger partial charge in [-0.1, -0.05) is 24.1 Å². The first-order valence-electron chi connectivity index (χ1n) is 9.55. The molecular formula is C21H27NO5. The van der Waals surface area contributed by atoms with Gasteiger partial charge in [-0.15, -0.1) is 0 Å². The molecule has 1 aromatic heterocycles. The van der Waals surface area contributed by atoms with Crippen LogP contribution in [0.25, 0.3) is 11.5 Å². The fraction of sp³-hybridized carbons (Fsp3) is 0.524. The number of aromatic nitrogens is 1. The molecular weight excluding hydrogens is 346 g/mol. The Morgan fingerprint density at radius 1 is 1.11 bits per heavy atom. The largest absolute Gasteiger partial charge is 0.477 e. The maximum Gasteiger partial charge on any atom is 0.364 e. The van der Waals surface area contributed by atoms with Crippen LogP contribution < -0.4 is 0 Å². The van der Waals surface area contributed by atoms with Gasteiger partial charge >= 0.3 is 5.97 Å². The van der Waals surface area contributed by atoms with Crippen LogP contribution in [0.2, 0.25) is 0 Å². The lowest BCUT2D eigenvalue weighted by atomic mass is 10.0. The molecule has 0 amide bonds. The van der Waals surface area contributed by atoms with Crippen molar-refractivity contribution in [2.75, 3.05) is 13.2 Å². The SMILES string of the molecule is Cc1ccc(-c2nc(C)c(CCCCCC3(C(=O)O)OCCCO3)o2)cc1. The van der Waals surface area contributed by atoms with E-state index in [1.165, 1.54) is 5.56 Å². The number of carbonyl (C=O) groups is 1. The molecule has 1 fully saturated rings. The summed E-state index contributed by atoms with van der Waals surface area (Å²) in [5, 5.41) is 9.41. The van der Waals surface area contributed by atoms with Gasteiger partial charge < -0.3 is 19.0 Å². The minimum Gasteiger partial charge on any atom is -0.477 e. The zero-order chi connectivity index (χ0) is 19.3. The molecule has 1 saturated heterocycles. The summed E-state index contributed by atoms with van der Waals surface area (Å²) < 4.78 is 16.8. The Morgan fingerprint density at radius 3 is 2.48 bits per heavy atom. The second-order valence-corrected chi connectivity index (χ2v) is 7.06. The molecule has 27 heavy (non-hydrogen) atoms. The normalized spacial score (nSPS) is 16.4. The first-order chi connectivity index (χ1) is 13.0. The van der Waals surface area contributed by atoms with Crippen molar-refractivity contribution in [3.05, 3.63) is 41.3 Å². The monoisotopic (exact) mass is 373 g/mol. The van der Waals surface area contributed by atoms with E-state index in [0.717, 1.165) is 49.1 Å². The molecule has 0 radical (unpaired) electrons. The molecule has 2 heterocycles. The van der Waals surface area contributed by atoms with Crippen LogP contribution in [0.4, 0.5) is 0 Å². The van der Waals surface area contributed by atoms with Crippen LogP contribution >= 0.6 is 0 Å². The van der Waals surface area contributed by atoms with E-state index in [-0.39, 0.29) is 0 Å². The third-order valence-electron chi connectivity index (χ3n) is 4.89. The van der Waals surface area contributed by atoms with E-state index in [1.807, 2.05) is 38.1 Å². The highest BCUT2D eigenvalue weighted by atomic mass is 16.7. The number of hydrogen-bond acceptors (Lipinski definition) is 5. The number of benzene rings is 1. The summed E-state index contributed by atoms with van der Waals surface area (Å²) >= 11 is 0. The van der Waals surface area contributed by atoms with E-state index in [0.29, 0.717) is 25.5 Å². The minimum atomic E-state index is -1.46. The molecule has 6 nitrogen and oxygen atoms in total. The number of aryl methyl sites for hydroxylation is 3. The molecule has 0 spiro atoms. The number of rotatable bonds is 8. The summed E-state index contributed by atoms with van der Waals surface area (Å²) in [5.41, 5.74) is 3.09. The van der Waals surface area contributed by atoms with Gasteiger partial charge in [-0.3, -0.25) is 0 Å². The zero-order valence-corrected chi connectivity index (χ0v) is 16.0. The number of aliphatic carboxylic acids is 1. The van der Waals surface area contributed by atoms with Gasteiger partial charge in [0.05, 0.1) is 18.9 Å². The number of unbranched alkanes of at least 4 members (excludes halogenated alkanes) is 2. The zero-order valence-electron chi connectivity index (χ0n) is 16.0. The van der Waals surface area contributed by atoms with Crippen molar-refractivity contribution in [2.24, 2.45) is 0 Å². The van der Waals surface area contributed by atoms with Gasteiger partial charge in [0.1, 0.15) is 5.76 Å². The Hall–Kier alpha value is -2.18. The molecule has 0 unspecified atom stereocenters. The first-order valence-corrected chi connectivity index (χ1v) is 9.55. The summed E-state index contributed by atoms with van der Waals surface area (Å²) in [6, 6.07) is 8.12. The van der Waals surface area contributed by atoms with Crippen LogP contribution in [0.5, 0.6) is 0 Å². The standard InChI is InChI=1S/C21H27NO5/c1-15-8-10-17(11-9-15)19-22-16(2)18(27-19)7-4-3-5-12-21(20(23)24)25-13-6-14-26-21/h8-11H,3-7,12-14H2,1-2H3,(H,23,24). The van der Waals surface area contributed by atoms with E-state index >= 15 is 0 Å². The highest BCUT2D eigenvalue weighted by molar-refractivity contribution is 5.75. The van der Waals surface area contributed by atoms with Crippen molar-refractivity contribution in [3.8, 4) is 11.5 Å². The fourth-order valence-electron chi connectivity index (χ4n) is 3.25. The van der Waals surface area contributed by atoms with E-state index in [2.05, 4.69) is 4.98 Å². The molecule has 0 aliphatic carbocycles. The van der Waals surface area contributed by atoms with Crippen molar-refractivity contribution < 1.29 is 23.8 Å². The molecule has 1 aromatic carbocycles. The predicted octanol–water partition coefficient (Wildman–Crippen LogP) is 4.28. The topological polar surface area (TPSA) is 81.8 Å². The maximum atomic E-state index is 11.5. The summed E-state index contributed by atoms with van der Waals surface area (Å²) in [5.74, 6) is -0.949. The van der Waals surface area contributed by atoms with Crippen molar-refractivity contribution in [2.45, 2.75) is 58.2 Å². The van der Waals surface area contributed by atoms with E-state index in [4.69, 9.17) is 13.9 Å². The minimum absolute atomic E-state index is 0.367. The fourth-order valence-corrected chi connectivity index (χ4v) is 3.25. The molecule has 0 bridgehead atoms. The summed E-state index contributed by atoms with van der Waals surface area (Å²) in [4.78, 5) is 16.0. The Bertz CT molecular complexity index is 759. The summed E-state index contributed by atoms with van der Waals surface area (Å²) in [7, 11) is 0. The average molecular weight is 373 g/mol. The molecule has 1 aliphatic rings. The molecule has 3 rings (SSSR count). The van der Waals surface area contributed by atoms with E-state index in [9.17, 15) is 9.90 Å². The number of carboxylic acid groups (broad SMARTS) is 1. The highest BCUT2D eigenvalue weighted by Crippen LogP contribution is 2.27. The van der Waals surface area contributed by atoms with Crippen LogP contribution in [0.1, 0.15) is 49.1 Å². The van der Waals surface area contributed by atoms with Gasteiger partial charge in [0.25, 0.3) is 5.79 Å². The predicted molar refractivity (Wildman–Crippen MR) is 100 cm³/mol. The summed E-state index contributed by atoms with van der Waals surface area (Å²) in [6.45, 7) is 4.88. The van der Waals surface area contributed by atoms with Crippen molar-refractivity contribution in [1.29, 1.82) is 0 Å². The van der Waals surface area contributed by atoms with Crippen molar-refractivity contribution in [1.82, 2.24) is 4.98 Å². The second kappa shape index (κ2) is 8.67. The third-order valence-corrected chi connectivity index (χ3v) is 4.89. The number of nitrogens with zero attached hydrogens (tertiary/aromatic N) is 1. The molecule has 6 heteroatoms. The lowest BCUT2D eigenvalue weighted by Gasteiger charge is -2.33. The summed E-state index contributed by atoms with van der Waals surface area (Å²) in [6.07, 6.45) is 4.40. The smallest absolute Gasteiger partial charge is 0.364 e. The van der Waals surface area contributed by atoms with Crippen molar-refractivity contribution >= 4 is 5.97 Å². The lowest BCUT2D eigenvalue weighted by molar-refractivity contribution is -0.268. The Kier molecular flexibility index (Phi) is 6.29. The molecule has 146 valence electrons. The second-order valence-electron chi connectivity index (χ2n) is 7.06. The maximum absolute atomic E-state index is 11.5. The number of carboxylic acids is 1. The van der Waals surface area contributed by atoms with Gasteiger partial charge in [-0.25, -0.2) is 9.78 Å². The molecule has 1 aliphatic heterocycles. The van der Waals surface area contributed by atoms with Crippen LogP contribution in [0.15, 0.2) is 28.7 Å². The molecule has 1 N–H and O–H groups in total. The van der Waals surface area contributed by atoms with E-state index < -0.39 is 11.8 Å².